The lowest BCUT2D eigenvalue weighted by molar-refractivity contribution is -0.129. The van der Waals surface area contributed by atoms with Crippen LogP contribution in [-0.4, -0.2) is 31.6 Å². The van der Waals surface area contributed by atoms with Crippen LogP contribution in [0.5, 0.6) is 17.2 Å². The summed E-state index contributed by atoms with van der Waals surface area (Å²) >= 11 is 0. The lowest BCUT2D eigenvalue weighted by Gasteiger charge is -2.18. The number of hydrazine groups is 1. The van der Waals surface area contributed by atoms with Crippen molar-refractivity contribution in [1.82, 2.24) is 10.9 Å². The van der Waals surface area contributed by atoms with Gasteiger partial charge in [0.1, 0.15) is 19.0 Å². The maximum absolute atomic E-state index is 12.0. The molecule has 0 aromatic heterocycles. The van der Waals surface area contributed by atoms with E-state index in [-0.39, 0.29) is 18.9 Å². The Morgan fingerprint density at radius 2 is 1.70 bits per heavy atom. The van der Waals surface area contributed by atoms with Crippen LogP contribution in [0.1, 0.15) is 16.7 Å². The Morgan fingerprint density at radius 3 is 2.52 bits per heavy atom. The Labute approximate surface area is 157 Å². The van der Waals surface area contributed by atoms with E-state index in [1.54, 1.807) is 18.2 Å². The van der Waals surface area contributed by atoms with Crippen molar-refractivity contribution in [2.45, 2.75) is 20.3 Å². The van der Waals surface area contributed by atoms with E-state index < -0.39 is 5.91 Å². The molecular weight excluding hydrogens is 348 g/mol. The van der Waals surface area contributed by atoms with E-state index in [9.17, 15) is 9.59 Å². The van der Waals surface area contributed by atoms with Gasteiger partial charge in [-0.2, -0.15) is 0 Å². The van der Waals surface area contributed by atoms with Crippen molar-refractivity contribution < 1.29 is 23.8 Å². The smallest absolute Gasteiger partial charge is 0.276 e. The summed E-state index contributed by atoms with van der Waals surface area (Å²) in [4.78, 5) is 23.9. The van der Waals surface area contributed by atoms with Gasteiger partial charge in [0, 0.05) is 0 Å². The maximum atomic E-state index is 12.0. The van der Waals surface area contributed by atoms with Crippen LogP contribution >= 0.6 is 0 Å². The summed E-state index contributed by atoms with van der Waals surface area (Å²) in [5.74, 6) is 1.16. The second-order valence-corrected chi connectivity index (χ2v) is 6.31. The van der Waals surface area contributed by atoms with Crippen LogP contribution in [0.4, 0.5) is 0 Å². The van der Waals surface area contributed by atoms with E-state index in [0.29, 0.717) is 30.5 Å². The number of rotatable bonds is 5. The highest BCUT2D eigenvalue weighted by Crippen LogP contribution is 2.30. The molecular formula is C20H22N2O5. The van der Waals surface area contributed by atoms with E-state index in [0.717, 1.165) is 16.7 Å². The Bertz CT molecular complexity index is 850. The lowest BCUT2D eigenvalue weighted by atomic mass is 10.1. The van der Waals surface area contributed by atoms with E-state index in [1.165, 1.54) is 0 Å². The lowest BCUT2D eigenvalue weighted by Crippen LogP contribution is -2.44. The van der Waals surface area contributed by atoms with Crippen LogP contribution in [0.25, 0.3) is 0 Å². The number of carbonyl (C=O) groups is 2. The van der Waals surface area contributed by atoms with Gasteiger partial charge in [0.05, 0.1) is 6.42 Å². The molecule has 0 saturated carbocycles. The molecule has 27 heavy (non-hydrogen) atoms. The molecule has 1 aliphatic heterocycles. The third-order valence-electron chi connectivity index (χ3n) is 4.02. The van der Waals surface area contributed by atoms with Gasteiger partial charge in [-0.3, -0.25) is 20.4 Å². The van der Waals surface area contributed by atoms with Crippen LogP contribution in [-0.2, 0) is 16.0 Å². The Balaban J connectivity index is 1.44. The van der Waals surface area contributed by atoms with Gasteiger partial charge in [-0.1, -0.05) is 18.2 Å². The third kappa shape index (κ3) is 5.13. The molecule has 3 rings (SSSR count). The van der Waals surface area contributed by atoms with Crippen molar-refractivity contribution in [3.05, 3.63) is 53.1 Å². The molecule has 0 atom stereocenters. The standard InChI is InChI=1S/C20H22N2O5/c1-13-3-4-14(2)17(9-13)27-12-20(24)22-21-19(23)11-15-5-6-16-18(10-15)26-8-7-25-16/h3-6,9-10H,7-8,11-12H2,1-2H3,(H,21,23)(H,22,24). The molecule has 0 bridgehead atoms. The van der Waals surface area contributed by atoms with E-state index in [4.69, 9.17) is 14.2 Å². The summed E-state index contributed by atoms with van der Waals surface area (Å²) in [6.07, 6.45) is 0.106. The van der Waals surface area contributed by atoms with Crippen molar-refractivity contribution in [1.29, 1.82) is 0 Å². The number of hydrogen-bond acceptors (Lipinski definition) is 5. The summed E-state index contributed by atoms with van der Waals surface area (Å²) in [5.41, 5.74) is 7.48. The second-order valence-electron chi connectivity index (χ2n) is 6.31. The molecule has 0 fully saturated rings. The first kappa shape index (κ1) is 18.6. The van der Waals surface area contributed by atoms with Crippen molar-refractivity contribution in [3.8, 4) is 17.2 Å². The number of aryl methyl sites for hydroxylation is 2. The van der Waals surface area contributed by atoms with Crippen molar-refractivity contribution >= 4 is 11.8 Å². The zero-order valence-electron chi connectivity index (χ0n) is 15.3. The number of benzene rings is 2. The molecule has 2 aromatic rings. The monoisotopic (exact) mass is 370 g/mol. The van der Waals surface area contributed by atoms with Crippen molar-refractivity contribution in [2.24, 2.45) is 0 Å². The Hall–Kier alpha value is -3.22. The SMILES string of the molecule is Cc1ccc(C)c(OCC(=O)NNC(=O)Cc2ccc3c(c2)OCCO3)c1. The fourth-order valence-corrected chi connectivity index (χ4v) is 2.61. The van der Waals surface area contributed by atoms with Gasteiger partial charge in [0.15, 0.2) is 18.1 Å². The molecule has 1 aliphatic rings. The van der Waals surface area contributed by atoms with Crippen molar-refractivity contribution in [3.63, 3.8) is 0 Å². The number of hydrogen-bond donors (Lipinski definition) is 2. The highest BCUT2D eigenvalue weighted by molar-refractivity contribution is 5.84. The molecule has 1 heterocycles. The largest absolute Gasteiger partial charge is 0.486 e. The molecule has 0 radical (unpaired) electrons. The van der Waals surface area contributed by atoms with Crippen LogP contribution in [0.3, 0.4) is 0 Å². The van der Waals surface area contributed by atoms with Gasteiger partial charge in [-0.05, 0) is 48.7 Å². The van der Waals surface area contributed by atoms with Gasteiger partial charge < -0.3 is 14.2 Å². The Kier molecular flexibility index (Phi) is 5.80. The second kappa shape index (κ2) is 8.44. The summed E-state index contributed by atoms with van der Waals surface area (Å²) in [7, 11) is 0. The minimum absolute atomic E-state index is 0.106. The van der Waals surface area contributed by atoms with Gasteiger partial charge in [0.25, 0.3) is 5.91 Å². The summed E-state index contributed by atoms with van der Waals surface area (Å²) in [6.45, 7) is 4.67. The normalized spacial score (nSPS) is 12.2. The zero-order valence-corrected chi connectivity index (χ0v) is 15.3. The number of ether oxygens (including phenoxy) is 3. The quantitative estimate of drug-likeness (QED) is 0.785. The number of nitrogens with one attached hydrogen (secondary N) is 2. The average Bonchev–Trinajstić information content (AvgIpc) is 2.67. The average molecular weight is 370 g/mol. The minimum atomic E-state index is -0.438. The predicted molar refractivity (Wildman–Crippen MR) is 98.8 cm³/mol. The molecule has 142 valence electrons. The first-order valence-electron chi connectivity index (χ1n) is 8.67. The van der Waals surface area contributed by atoms with Gasteiger partial charge in [-0.25, -0.2) is 0 Å². The van der Waals surface area contributed by atoms with E-state index in [1.807, 2.05) is 32.0 Å². The minimum Gasteiger partial charge on any atom is -0.486 e. The highest BCUT2D eigenvalue weighted by atomic mass is 16.6. The third-order valence-corrected chi connectivity index (χ3v) is 4.02. The van der Waals surface area contributed by atoms with Gasteiger partial charge in [0.2, 0.25) is 5.91 Å². The van der Waals surface area contributed by atoms with E-state index >= 15 is 0 Å². The summed E-state index contributed by atoms with van der Waals surface area (Å²) in [5, 5.41) is 0. The Morgan fingerprint density at radius 1 is 0.963 bits per heavy atom. The molecule has 0 unspecified atom stereocenters. The van der Waals surface area contributed by atoms with Crippen LogP contribution in [0, 0.1) is 13.8 Å². The van der Waals surface area contributed by atoms with E-state index in [2.05, 4.69) is 10.9 Å². The van der Waals surface area contributed by atoms with Crippen LogP contribution in [0.15, 0.2) is 36.4 Å². The number of amides is 2. The van der Waals surface area contributed by atoms with Crippen LogP contribution in [0.2, 0.25) is 0 Å². The maximum Gasteiger partial charge on any atom is 0.276 e. The molecule has 0 saturated heterocycles. The first-order chi connectivity index (χ1) is 13.0. The molecule has 2 amide bonds. The predicted octanol–water partition coefficient (Wildman–Crippen LogP) is 1.84. The fraction of sp³-hybridized carbons (Fsp3) is 0.300. The molecule has 7 nitrogen and oxygen atoms in total. The topological polar surface area (TPSA) is 85.9 Å². The van der Waals surface area contributed by atoms with Gasteiger partial charge >= 0.3 is 0 Å². The summed E-state index contributed by atoms with van der Waals surface area (Å²) in [6, 6.07) is 11.1. The zero-order chi connectivity index (χ0) is 19.2. The number of carbonyl (C=O) groups excluding carboxylic acids is 2. The molecule has 0 spiro atoms. The van der Waals surface area contributed by atoms with Gasteiger partial charge in [-0.15, -0.1) is 0 Å². The molecule has 7 heteroatoms. The molecule has 2 N–H and O–H groups in total. The molecule has 0 aliphatic carbocycles. The fourth-order valence-electron chi connectivity index (χ4n) is 2.61. The number of fused-ring (bicyclic) bond motifs is 1. The molecule has 2 aromatic carbocycles. The highest BCUT2D eigenvalue weighted by Gasteiger charge is 2.13. The summed E-state index contributed by atoms with van der Waals surface area (Å²) < 4.78 is 16.4. The van der Waals surface area contributed by atoms with Crippen molar-refractivity contribution in [2.75, 3.05) is 19.8 Å². The first-order valence-corrected chi connectivity index (χ1v) is 8.67. The van der Waals surface area contributed by atoms with Crippen LogP contribution < -0.4 is 25.1 Å².